The van der Waals surface area contributed by atoms with Crippen LogP contribution < -0.4 is 20.5 Å². The van der Waals surface area contributed by atoms with Gasteiger partial charge in [0.2, 0.25) is 0 Å². The molecule has 0 N–H and O–H groups in total. The highest BCUT2D eigenvalue weighted by Crippen LogP contribution is 2.27. The van der Waals surface area contributed by atoms with E-state index >= 15 is 0 Å². The Morgan fingerprint density at radius 2 is 1.76 bits per heavy atom. The van der Waals surface area contributed by atoms with Crippen LogP contribution in [0.1, 0.15) is 6.92 Å². The minimum atomic E-state index is -0.537. The summed E-state index contributed by atoms with van der Waals surface area (Å²) in [5.74, 6) is 0.170. The highest BCUT2D eigenvalue weighted by atomic mass is 16.5. The molecule has 0 saturated carbocycles. The summed E-state index contributed by atoms with van der Waals surface area (Å²) in [6.07, 6.45) is 0. The van der Waals surface area contributed by atoms with Crippen LogP contribution in [0.3, 0.4) is 0 Å². The zero-order valence-electron chi connectivity index (χ0n) is 9.77. The topological polar surface area (TPSA) is 46.6 Å². The van der Waals surface area contributed by atoms with Crippen LogP contribution in [0.25, 0.3) is 0 Å². The van der Waals surface area contributed by atoms with Crippen molar-refractivity contribution in [1.82, 2.24) is 0 Å². The molecule has 0 saturated heterocycles. The summed E-state index contributed by atoms with van der Waals surface area (Å²) in [5.41, 5.74) is 0.160. The Kier molecular flexibility index (Phi) is 2.95. The van der Waals surface area contributed by atoms with Crippen molar-refractivity contribution in [2.24, 2.45) is 0 Å². The predicted octanol–water partition coefficient (Wildman–Crippen LogP) is 1.45. The molecule has 0 bridgehead atoms. The molecule has 2 rings (SSSR count). The predicted molar refractivity (Wildman–Crippen MR) is 67.0 cm³/mol. The second-order valence-electron chi connectivity index (χ2n) is 3.66. The Balaban J connectivity index is 2.39. The molecule has 0 unspecified atom stereocenters. The van der Waals surface area contributed by atoms with Crippen molar-refractivity contribution in [3.05, 3.63) is 50.8 Å². The molecular formula is C13H13NO3. The second-order valence-corrected chi connectivity index (χ2v) is 3.66. The molecule has 0 aliphatic rings. The molecule has 0 aliphatic carbocycles. The average molecular weight is 231 g/mol. The maximum atomic E-state index is 11.5. The van der Waals surface area contributed by atoms with Crippen molar-refractivity contribution < 1.29 is 4.74 Å². The van der Waals surface area contributed by atoms with E-state index in [-0.39, 0.29) is 5.75 Å². The zero-order chi connectivity index (χ0) is 12.4. The van der Waals surface area contributed by atoms with Crippen LogP contribution in [0, 0.1) is 0 Å². The van der Waals surface area contributed by atoms with Gasteiger partial charge in [-0.15, -0.1) is 0 Å². The van der Waals surface area contributed by atoms with Crippen molar-refractivity contribution in [3.63, 3.8) is 0 Å². The zero-order valence-corrected chi connectivity index (χ0v) is 9.77. The molecule has 0 aliphatic heterocycles. The summed E-state index contributed by atoms with van der Waals surface area (Å²) in [4.78, 5) is 24.5. The molecule has 2 aromatic carbocycles. The normalized spacial score (nSPS) is 10.5. The lowest BCUT2D eigenvalue weighted by Crippen LogP contribution is -2.38. The Hall–Kier alpha value is -2.10. The Morgan fingerprint density at radius 1 is 1.12 bits per heavy atom. The number of benzene rings is 1. The number of hydrogen-bond donors (Lipinski definition) is 0. The van der Waals surface area contributed by atoms with Gasteiger partial charge in [0.05, 0.1) is 6.61 Å². The first-order valence-electron chi connectivity index (χ1n) is 5.41. The van der Waals surface area contributed by atoms with E-state index in [1.54, 1.807) is 18.9 Å². The van der Waals surface area contributed by atoms with E-state index in [0.717, 1.165) is 5.69 Å². The van der Waals surface area contributed by atoms with Crippen molar-refractivity contribution in [1.29, 1.82) is 0 Å². The van der Waals surface area contributed by atoms with Gasteiger partial charge in [-0.3, -0.25) is 9.59 Å². The minimum absolute atomic E-state index is 0.170. The third-order valence-electron chi connectivity index (χ3n) is 2.61. The van der Waals surface area contributed by atoms with Crippen molar-refractivity contribution in [2.45, 2.75) is 6.92 Å². The number of ether oxygens (including phenoxy) is 1. The van der Waals surface area contributed by atoms with Gasteiger partial charge in [0.25, 0.3) is 10.9 Å². The fourth-order valence-corrected chi connectivity index (χ4v) is 1.72. The van der Waals surface area contributed by atoms with E-state index in [1.165, 1.54) is 0 Å². The number of nitrogens with zero attached hydrogens (tertiary/aromatic N) is 1. The molecule has 0 amide bonds. The van der Waals surface area contributed by atoms with E-state index in [1.807, 2.05) is 30.3 Å². The molecular weight excluding hydrogens is 218 g/mol. The molecule has 88 valence electrons. The summed E-state index contributed by atoms with van der Waals surface area (Å²) in [6.45, 7) is 2.16. The molecule has 4 heteroatoms. The lowest BCUT2D eigenvalue weighted by atomic mass is 10.2. The first-order chi connectivity index (χ1) is 8.16. The Morgan fingerprint density at radius 3 is 2.35 bits per heavy atom. The van der Waals surface area contributed by atoms with Gasteiger partial charge in [-0.05, 0) is 19.1 Å². The van der Waals surface area contributed by atoms with Crippen LogP contribution in [0.5, 0.6) is 5.75 Å². The van der Waals surface area contributed by atoms with E-state index in [2.05, 4.69) is 0 Å². The smallest absolute Gasteiger partial charge is 0.272 e. The summed E-state index contributed by atoms with van der Waals surface area (Å²) < 4.78 is 5.18. The molecule has 0 spiro atoms. The second kappa shape index (κ2) is 4.41. The fourth-order valence-electron chi connectivity index (χ4n) is 1.72. The number of rotatable bonds is 4. The van der Waals surface area contributed by atoms with E-state index < -0.39 is 10.9 Å². The molecule has 2 aromatic rings. The number of anilines is 2. The van der Waals surface area contributed by atoms with Crippen LogP contribution in [-0.2, 0) is 0 Å². The third-order valence-corrected chi connectivity index (χ3v) is 2.61. The average Bonchev–Trinajstić information content (AvgIpc) is 2.38. The monoisotopic (exact) mass is 231 g/mol. The van der Waals surface area contributed by atoms with Gasteiger partial charge in [-0.1, -0.05) is 18.2 Å². The van der Waals surface area contributed by atoms with E-state index in [9.17, 15) is 9.59 Å². The summed E-state index contributed by atoms with van der Waals surface area (Å²) in [7, 11) is 1.74. The molecule has 17 heavy (non-hydrogen) atoms. The van der Waals surface area contributed by atoms with Crippen molar-refractivity contribution in [2.75, 3.05) is 18.6 Å². The van der Waals surface area contributed by atoms with Crippen LogP contribution in [0.2, 0.25) is 0 Å². The van der Waals surface area contributed by atoms with Gasteiger partial charge >= 0.3 is 0 Å². The van der Waals surface area contributed by atoms with Crippen LogP contribution in [0.4, 0.5) is 11.4 Å². The molecule has 0 radical (unpaired) electrons. The maximum absolute atomic E-state index is 11.5. The van der Waals surface area contributed by atoms with Gasteiger partial charge in [0, 0.05) is 12.7 Å². The van der Waals surface area contributed by atoms with E-state index in [0.29, 0.717) is 12.3 Å². The summed E-state index contributed by atoms with van der Waals surface area (Å²) >= 11 is 0. The maximum Gasteiger partial charge on any atom is 0.272 e. The standard InChI is InChI=1S/C13H13NO3/c1-3-17-13-10(11(15)12(13)16)14(2)9-7-5-4-6-8-9/h4-8H,3H2,1-2H3. The van der Waals surface area contributed by atoms with Crippen LogP contribution >= 0.6 is 0 Å². The van der Waals surface area contributed by atoms with Gasteiger partial charge in [-0.25, -0.2) is 0 Å². The van der Waals surface area contributed by atoms with Crippen molar-refractivity contribution >= 4 is 11.4 Å². The lowest BCUT2D eigenvalue weighted by Gasteiger charge is -2.22. The first kappa shape index (κ1) is 11.4. The Labute approximate surface area is 98.8 Å². The van der Waals surface area contributed by atoms with Crippen LogP contribution in [-0.4, -0.2) is 13.7 Å². The first-order valence-corrected chi connectivity index (χ1v) is 5.41. The summed E-state index contributed by atoms with van der Waals surface area (Å²) in [5, 5.41) is 0. The summed E-state index contributed by atoms with van der Waals surface area (Å²) in [6, 6.07) is 9.37. The molecule has 0 atom stereocenters. The van der Waals surface area contributed by atoms with Gasteiger partial charge in [-0.2, -0.15) is 0 Å². The SMILES string of the molecule is CCOc1c(N(C)c2ccccc2)c(=O)c1=O. The molecule has 0 fully saturated rings. The number of para-hydroxylation sites is 1. The minimum Gasteiger partial charge on any atom is -0.488 e. The fraction of sp³-hybridized carbons (Fsp3) is 0.231. The van der Waals surface area contributed by atoms with Gasteiger partial charge in [0.15, 0.2) is 5.75 Å². The molecule has 4 nitrogen and oxygen atoms in total. The largest absolute Gasteiger partial charge is 0.488 e. The quantitative estimate of drug-likeness (QED) is 0.747. The molecule has 0 heterocycles. The van der Waals surface area contributed by atoms with Crippen LogP contribution in [0.15, 0.2) is 39.9 Å². The van der Waals surface area contributed by atoms with E-state index in [4.69, 9.17) is 4.74 Å². The highest BCUT2D eigenvalue weighted by Gasteiger charge is 2.25. The Bertz CT molecular complexity index is 582. The van der Waals surface area contributed by atoms with Crippen molar-refractivity contribution in [3.8, 4) is 5.75 Å². The van der Waals surface area contributed by atoms with Gasteiger partial charge < -0.3 is 9.64 Å². The van der Waals surface area contributed by atoms with Gasteiger partial charge in [0.1, 0.15) is 5.69 Å². The number of hydrogen-bond acceptors (Lipinski definition) is 4. The third kappa shape index (κ3) is 1.82. The highest BCUT2D eigenvalue weighted by molar-refractivity contribution is 5.71. The molecule has 0 aromatic heterocycles. The lowest BCUT2D eigenvalue weighted by molar-refractivity contribution is 0.334.